The maximum Gasteiger partial charge on any atom is 0.435 e. The summed E-state index contributed by atoms with van der Waals surface area (Å²) >= 11 is 0. The van der Waals surface area contributed by atoms with Crippen molar-refractivity contribution in [1.82, 2.24) is 5.06 Å². The monoisotopic (exact) mass is 517 g/mol. The standard InChI is InChI=1S/C26H31NO10/c1-6-34-23(28)26(24(29)35-7-2)15-21(22-19(32-4)13-18(31-3)14-20(22)33-5)37-27(26)25(30)36-16-17-11-9-8-10-12-17/h8-14,21H,6-7,15-16H2,1-5H3. The number of amides is 1. The van der Waals surface area contributed by atoms with Crippen LogP contribution in [0.3, 0.4) is 0 Å². The molecule has 2 aromatic rings. The molecule has 0 saturated carbocycles. The highest BCUT2D eigenvalue weighted by Crippen LogP contribution is 2.49. The van der Waals surface area contributed by atoms with E-state index < -0.39 is 29.7 Å². The van der Waals surface area contributed by atoms with Crippen molar-refractivity contribution < 1.29 is 47.6 Å². The molecule has 11 heteroatoms. The second-order valence-electron chi connectivity index (χ2n) is 7.88. The average molecular weight is 518 g/mol. The summed E-state index contributed by atoms with van der Waals surface area (Å²) in [6.07, 6.45) is -2.47. The number of esters is 2. The van der Waals surface area contributed by atoms with Crippen LogP contribution in [0, 0.1) is 0 Å². The van der Waals surface area contributed by atoms with E-state index in [2.05, 4.69) is 0 Å². The van der Waals surface area contributed by atoms with E-state index in [9.17, 15) is 14.4 Å². The second kappa shape index (κ2) is 12.3. The highest BCUT2D eigenvalue weighted by atomic mass is 16.8. The number of hydrogen-bond donors (Lipinski definition) is 0. The van der Waals surface area contributed by atoms with Crippen molar-refractivity contribution in [1.29, 1.82) is 0 Å². The van der Waals surface area contributed by atoms with E-state index in [1.165, 1.54) is 21.3 Å². The number of benzene rings is 2. The third-order valence-electron chi connectivity index (χ3n) is 5.73. The van der Waals surface area contributed by atoms with Crippen molar-refractivity contribution in [2.45, 2.75) is 38.5 Å². The fourth-order valence-electron chi connectivity index (χ4n) is 4.00. The molecule has 11 nitrogen and oxygen atoms in total. The Labute approximate surface area is 215 Å². The fourth-order valence-corrected chi connectivity index (χ4v) is 4.00. The Bertz CT molecular complexity index is 1060. The molecule has 3 rings (SSSR count). The van der Waals surface area contributed by atoms with Crippen molar-refractivity contribution in [3.05, 3.63) is 53.6 Å². The molecule has 0 aliphatic carbocycles. The van der Waals surface area contributed by atoms with Crippen LogP contribution in [0.2, 0.25) is 0 Å². The van der Waals surface area contributed by atoms with Gasteiger partial charge in [0.15, 0.2) is 0 Å². The van der Waals surface area contributed by atoms with Gasteiger partial charge in [-0.15, -0.1) is 0 Å². The van der Waals surface area contributed by atoms with E-state index in [1.54, 1.807) is 50.2 Å². The first kappa shape index (κ1) is 27.6. The van der Waals surface area contributed by atoms with Crippen LogP contribution in [0.25, 0.3) is 0 Å². The lowest BCUT2D eigenvalue weighted by molar-refractivity contribution is -0.201. The Kier molecular flexibility index (Phi) is 9.18. The van der Waals surface area contributed by atoms with E-state index in [-0.39, 0.29) is 26.2 Å². The number of ether oxygens (including phenoxy) is 6. The minimum absolute atomic E-state index is 0.0489. The molecule has 1 aliphatic rings. The van der Waals surface area contributed by atoms with Crippen LogP contribution in [0.15, 0.2) is 42.5 Å². The number of nitrogens with zero attached hydrogens (tertiary/aromatic N) is 1. The zero-order chi connectivity index (χ0) is 27.0. The van der Waals surface area contributed by atoms with Gasteiger partial charge in [-0.1, -0.05) is 30.3 Å². The maximum absolute atomic E-state index is 13.3. The molecule has 1 amide bonds. The first-order valence-electron chi connectivity index (χ1n) is 11.7. The van der Waals surface area contributed by atoms with Crippen LogP contribution in [0.4, 0.5) is 4.79 Å². The van der Waals surface area contributed by atoms with Gasteiger partial charge in [-0.2, -0.15) is 5.06 Å². The number of hydrogen-bond acceptors (Lipinski definition) is 10. The van der Waals surface area contributed by atoms with Crippen molar-refractivity contribution in [3.63, 3.8) is 0 Å². The number of rotatable bonds is 10. The predicted octanol–water partition coefficient (Wildman–Crippen LogP) is 3.59. The molecule has 0 bridgehead atoms. The van der Waals surface area contributed by atoms with Crippen molar-refractivity contribution in [3.8, 4) is 17.2 Å². The van der Waals surface area contributed by atoms with Gasteiger partial charge in [-0.3, -0.25) is 4.84 Å². The van der Waals surface area contributed by atoms with Crippen LogP contribution in [-0.4, -0.2) is 63.2 Å². The minimum Gasteiger partial charge on any atom is -0.496 e. The Morgan fingerprint density at radius 3 is 1.95 bits per heavy atom. The molecule has 1 heterocycles. The summed E-state index contributed by atoms with van der Waals surface area (Å²) < 4.78 is 32.2. The Morgan fingerprint density at radius 1 is 0.892 bits per heavy atom. The lowest BCUT2D eigenvalue weighted by Gasteiger charge is -2.30. The molecule has 200 valence electrons. The summed E-state index contributed by atoms with van der Waals surface area (Å²) in [6, 6.07) is 12.1. The van der Waals surface area contributed by atoms with E-state index in [4.69, 9.17) is 33.3 Å². The lowest BCUT2D eigenvalue weighted by atomic mass is 9.89. The van der Waals surface area contributed by atoms with Crippen LogP contribution >= 0.6 is 0 Å². The summed E-state index contributed by atoms with van der Waals surface area (Å²) in [6.45, 7) is 2.94. The quantitative estimate of drug-likeness (QED) is 0.263. The van der Waals surface area contributed by atoms with Gasteiger partial charge in [0.25, 0.3) is 5.54 Å². The molecular formula is C26H31NO10. The van der Waals surface area contributed by atoms with Gasteiger partial charge in [0.2, 0.25) is 0 Å². The van der Waals surface area contributed by atoms with E-state index >= 15 is 0 Å². The molecular weight excluding hydrogens is 486 g/mol. The Hall–Kier alpha value is -3.99. The normalized spacial score (nSPS) is 16.0. The number of carbonyl (C=O) groups is 3. The zero-order valence-corrected chi connectivity index (χ0v) is 21.5. The zero-order valence-electron chi connectivity index (χ0n) is 21.5. The second-order valence-corrected chi connectivity index (χ2v) is 7.88. The van der Waals surface area contributed by atoms with Crippen molar-refractivity contribution in [2.24, 2.45) is 0 Å². The predicted molar refractivity (Wildman–Crippen MR) is 129 cm³/mol. The minimum atomic E-state index is -2.28. The van der Waals surface area contributed by atoms with Gasteiger partial charge < -0.3 is 28.4 Å². The van der Waals surface area contributed by atoms with Gasteiger partial charge in [0.1, 0.15) is 30.0 Å². The molecule has 1 saturated heterocycles. The van der Waals surface area contributed by atoms with Crippen LogP contribution in [0.1, 0.15) is 37.5 Å². The number of hydroxylamine groups is 2. The Balaban J connectivity index is 2.09. The number of methoxy groups -OCH3 is 3. The first-order chi connectivity index (χ1) is 17.9. The highest BCUT2D eigenvalue weighted by molar-refractivity contribution is 6.07. The van der Waals surface area contributed by atoms with Crippen LogP contribution < -0.4 is 14.2 Å². The van der Waals surface area contributed by atoms with Gasteiger partial charge in [0.05, 0.1) is 40.1 Å². The molecule has 0 N–H and O–H groups in total. The van der Waals surface area contributed by atoms with E-state index in [0.29, 0.717) is 33.4 Å². The molecule has 0 aromatic heterocycles. The molecule has 2 aromatic carbocycles. The van der Waals surface area contributed by atoms with E-state index in [0.717, 1.165) is 0 Å². The number of carbonyl (C=O) groups excluding carboxylic acids is 3. The Morgan fingerprint density at radius 2 is 1.46 bits per heavy atom. The fraction of sp³-hybridized carbons (Fsp3) is 0.423. The maximum atomic E-state index is 13.3. The van der Waals surface area contributed by atoms with Gasteiger partial charge in [-0.05, 0) is 19.4 Å². The average Bonchev–Trinajstić information content (AvgIpc) is 3.33. The third kappa shape index (κ3) is 5.56. The largest absolute Gasteiger partial charge is 0.496 e. The topological polar surface area (TPSA) is 119 Å². The lowest BCUT2D eigenvalue weighted by Crippen LogP contribution is -2.59. The highest BCUT2D eigenvalue weighted by Gasteiger charge is 2.64. The molecule has 1 unspecified atom stereocenters. The molecule has 1 atom stereocenters. The summed E-state index contributed by atoms with van der Waals surface area (Å²) in [7, 11) is 4.35. The van der Waals surface area contributed by atoms with Crippen LogP contribution in [0.5, 0.6) is 17.2 Å². The summed E-state index contributed by atoms with van der Waals surface area (Å²) in [4.78, 5) is 45.9. The van der Waals surface area contributed by atoms with Crippen molar-refractivity contribution in [2.75, 3.05) is 34.5 Å². The molecule has 1 fully saturated rings. The van der Waals surface area contributed by atoms with Gasteiger partial charge >= 0.3 is 18.0 Å². The van der Waals surface area contributed by atoms with Gasteiger partial charge in [-0.25, -0.2) is 14.4 Å². The van der Waals surface area contributed by atoms with Gasteiger partial charge in [0, 0.05) is 18.6 Å². The smallest absolute Gasteiger partial charge is 0.435 e. The van der Waals surface area contributed by atoms with Crippen LogP contribution in [-0.2, 0) is 35.2 Å². The van der Waals surface area contributed by atoms with E-state index in [1.807, 2.05) is 6.07 Å². The molecule has 0 spiro atoms. The molecule has 37 heavy (non-hydrogen) atoms. The summed E-state index contributed by atoms with van der Waals surface area (Å²) in [5.41, 5.74) is -1.23. The third-order valence-corrected chi connectivity index (χ3v) is 5.73. The van der Waals surface area contributed by atoms with Crippen molar-refractivity contribution >= 4 is 18.0 Å². The first-order valence-corrected chi connectivity index (χ1v) is 11.7. The molecule has 1 aliphatic heterocycles. The summed E-state index contributed by atoms with van der Waals surface area (Å²) in [5.74, 6) is -1.00. The summed E-state index contributed by atoms with van der Waals surface area (Å²) in [5, 5.41) is 0.597. The molecule has 0 radical (unpaired) electrons. The SMILES string of the molecule is CCOC(=O)C1(C(=O)OCC)CC(c2c(OC)cc(OC)cc2OC)ON1C(=O)OCc1ccccc1.